The molecule has 3 rings (SSSR count). The van der Waals surface area contributed by atoms with Gasteiger partial charge in [-0.25, -0.2) is 4.98 Å². The zero-order valence-electron chi connectivity index (χ0n) is 13.3. The van der Waals surface area contributed by atoms with Gasteiger partial charge in [-0.15, -0.1) is 0 Å². The maximum atomic E-state index is 6.03. The Kier molecular flexibility index (Phi) is 4.41. The summed E-state index contributed by atoms with van der Waals surface area (Å²) in [5, 5.41) is 4.37. The highest BCUT2D eigenvalue weighted by molar-refractivity contribution is 6.30. The van der Waals surface area contributed by atoms with E-state index in [-0.39, 0.29) is 0 Å². The van der Waals surface area contributed by atoms with E-state index < -0.39 is 0 Å². The first kappa shape index (κ1) is 15.1. The van der Waals surface area contributed by atoms with Crippen LogP contribution in [0.15, 0.2) is 12.3 Å². The lowest BCUT2D eigenvalue weighted by molar-refractivity contribution is 0.0518. The Morgan fingerprint density at radius 2 is 1.95 bits per heavy atom. The lowest BCUT2D eigenvalue weighted by atomic mass is 9.73. The van der Waals surface area contributed by atoms with Gasteiger partial charge >= 0.3 is 0 Å². The minimum Gasteiger partial charge on any atom is -0.380 e. The number of fused-ring (bicyclic) bond motifs is 2. The first-order valence-corrected chi connectivity index (χ1v) is 8.55. The molecule has 3 nitrogen and oxygen atoms in total. The fourth-order valence-electron chi connectivity index (χ4n) is 3.96. The molecule has 2 atom stereocenters. The predicted molar refractivity (Wildman–Crippen MR) is 88.9 cm³/mol. The van der Waals surface area contributed by atoms with Gasteiger partial charge in [-0.3, -0.25) is 0 Å². The van der Waals surface area contributed by atoms with E-state index in [2.05, 4.69) is 35.1 Å². The molecule has 1 aliphatic heterocycles. The molecule has 1 aliphatic carbocycles. The van der Waals surface area contributed by atoms with Crippen molar-refractivity contribution in [3.63, 3.8) is 0 Å². The van der Waals surface area contributed by atoms with Gasteiger partial charge in [0.05, 0.1) is 11.9 Å². The van der Waals surface area contributed by atoms with Crippen molar-refractivity contribution in [3.8, 4) is 0 Å². The van der Waals surface area contributed by atoms with Crippen LogP contribution in [0.25, 0.3) is 0 Å². The molecule has 0 amide bonds. The summed E-state index contributed by atoms with van der Waals surface area (Å²) in [5.74, 6) is 1.52. The highest BCUT2D eigenvalue weighted by atomic mass is 35.5. The SMILES string of the molecule is Cc1cc(NC2C3CCCC2CN(C(C)C)C3)cnc1Cl. The molecule has 4 heteroatoms. The third-order valence-corrected chi connectivity index (χ3v) is 5.58. The predicted octanol–water partition coefficient (Wildman–Crippen LogP) is 3.96. The molecule has 1 saturated heterocycles. The number of hydrogen-bond donors (Lipinski definition) is 1. The van der Waals surface area contributed by atoms with Crippen LogP contribution in [0, 0.1) is 18.8 Å². The Hall–Kier alpha value is -0.800. The number of rotatable bonds is 3. The molecule has 0 radical (unpaired) electrons. The zero-order valence-corrected chi connectivity index (χ0v) is 14.0. The molecule has 2 fully saturated rings. The lowest BCUT2D eigenvalue weighted by Crippen LogP contribution is -2.56. The molecule has 2 unspecified atom stereocenters. The molecule has 1 saturated carbocycles. The number of likely N-dealkylation sites (tertiary alicyclic amines) is 1. The Morgan fingerprint density at radius 1 is 1.29 bits per heavy atom. The van der Waals surface area contributed by atoms with Crippen LogP contribution >= 0.6 is 11.6 Å². The number of pyridine rings is 1. The van der Waals surface area contributed by atoms with Crippen LogP contribution in [0.3, 0.4) is 0 Å². The maximum absolute atomic E-state index is 6.03. The molecule has 2 heterocycles. The van der Waals surface area contributed by atoms with E-state index in [1.165, 1.54) is 32.4 Å². The van der Waals surface area contributed by atoms with Crippen LogP contribution < -0.4 is 5.32 Å². The van der Waals surface area contributed by atoms with E-state index in [4.69, 9.17) is 11.6 Å². The third-order valence-electron chi connectivity index (χ3n) is 5.18. The van der Waals surface area contributed by atoms with Gasteiger partial charge in [0, 0.05) is 25.2 Å². The second-order valence-corrected chi connectivity index (χ2v) is 7.36. The largest absolute Gasteiger partial charge is 0.380 e. The molecule has 0 aromatic carbocycles. The smallest absolute Gasteiger partial charge is 0.132 e. The standard InChI is InChI=1S/C17H26ClN3/c1-11(2)21-9-13-5-4-6-14(10-21)16(13)20-15-7-12(3)17(18)19-8-15/h7-8,11,13-14,16,20H,4-6,9-10H2,1-3H3. The van der Waals surface area contributed by atoms with Crippen molar-refractivity contribution in [3.05, 3.63) is 23.0 Å². The van der Waals surface area contributed by atoms with Crippen molar-refractivity contribution in [2.24, 2.45) is 11.8 Å². The molecule has 1 N–H and O–H groups in total. The number of halogens is 1. The molecule has 2 bridgehead atoms. The summed E-state index contributed by atoms with van der Waals surface area (Å²) in [6.45, 7) is 9.10. The summed E-state index contributed by atoms with van der Waals surface area (Å²) < 4.78 is 0. The van der Waals surface area contributed by atoms with Crippen molar-refractivity contribution in [1.29, 1.82) is 0 Å². The Labute approximate surface area is 133 Å². The van der Waals surface area contributed by atoms with Crippen molar-refractivity contribution in [2.75, 3.05) is 18.4 Å². The second kappa shape index (κ2) is 6.13. The number of aromatic nitrogens is 1. The van der Waals surface area contributed by atoms with Crippen molar-refractivity contribution >= 4 is 17.3 Å². The molecule has 116 valence electrons. The van der Waals surface area contributed by atoms with Crippen molar-refractivity contribution in [2.45, 2.75) is 52.1 Å². The normalized spacial score (nSPS) is 29.7. The number of nitrogens with zero attached hydrogens (tertiary/aromatic N) is 2. The summed E-state index contributed by atoms with van der Waals surface area (Å²) in [7, 11) is 0. The van der Waals surface area contributed by atoms with Crippen LogP contribution in [-0.2, 0) is 0 Å². The minimum atomic E-state index is 0.594. The van der Waals surface area contributed by atoms with Crippen LogP contribution in [0.2, 0.25) is 5.15 Å². The van der Waals surface area contributed by atoms with E-state index >= 15 is 0 Å². The molecule has 0 spiro atoms. The van der Waals surface area contributed by atoms with Crippen LogP contribution in [0.4, 0.5) is 5.69 Å². The minimum absolute atomic E-state index is 0.594. The fourth-order valence-corrected chi connectivity index (χ4v) is 4.06. The molecular weight excluding hydrogens is 282 g/mol. The van der Waals surface area contributed by atoms with Gasteiger partial charge in [-0.05, 0) is 57.1 Å². The van der Waals surface area contributed by atoms with Gasteiger partial charge < -0.3 is 10.2 Å². The summed E-state index contributed by atoms with van der Waals surface area (Å²) >= 11 is 6.03. The first-order chi connectivity index (χ1) is 10.0. The van der Waals surface area contributed by atoms with E-state index in [9.17, 15) is 0 Å². The van der Waals surface area contributed by atoms with Gasteiger partial charge in [0.2, 0.25) is 0 Å². The third kappa shape index (κ3) is 3.19. The Bertz CT molecular complexity index is 489. The monoisotopic (exact) mass is 307 g/mol. The van der Waals surface area contributed by atoms with Gasteiger partial charge in [-0.2, -0.15) is 0 Å². The Balaban J connectivity index is 1.74. The summed E-state index contributed by atoms with van der Waals surface area (Å²) in [6, 6.07) is 3.38. The van der Waals surface area contributed by atoms with Crippen LogP contribution in [0.5, 0.6) is 0 Å². The molecule has 2 aliphatic rings. The lowest BCUT2D eigenvalue weighted by Gasteiger charge is -2.49. The van der Waals surface area contributed by atoms with Crippen LogP contribution in [0.1, 0.15) is 38.7 Å². The second-order valence-electron chi connectivity index (χ2n) is 7.00. The van der Waals surface area contributed by atoms with Gasteiger partial charge in [0.25, 0.3) is 0 Å². The first-order valence-electron chi connectivity index (χ1n) is 8.17. The van der Waals surface area contributed by atoms with Crippen molar-refractivity contribution < 1.29 is 0 Å². The molecule has 1 aromatic rings. The summed E-state index contributed by atoms with van der Waals surface area (Å²) in [5.41, 5.74) is 2.17. The van der Waals surface area contributed by atoms with E-state index in [0.29, 0.717) is 17.2 Å². The highest BCUT2D eigenvalue weighted by Gasteiger charge is 2.39. The van der Waals surface area contributed by atoms with E-state index in [0.717, 1.165) is 23.1 Å². The topological polar surface area (TPSA) is 28.2 Å². The number of piperidine rings is 1. The number of aryl methyl sites for hydroxylation is 1. The number of nitrogens with one attached hydrogen (secondary N) is 1. The molecule has 21 heavy (non-hydrogen) atoms. The van der Waals surface area contributed by atoms with Gasteiger partial charge in [0.15, 0.2) is 0 Å². The average Bonchev–Trinajstić information content (AvgIpc) is 2.42. The quantitative estimate of drug-likeness (QED) is 0.857. The van der Waals surface area contributed by atoms with Crippen LogP contribution in [-0.4, -0.2) is 35.1 Å². The van der Waals surface area contributed by atoms with Gasteiger partial charge in [0.1, 0.15) is 5.15 Å². The maximum Gasteiger partial charge on any atom is 0.132 e. The zero-order chi connectivity index (χ0) is 15.0. The molecular formula is C17H26ClN3. The van der Waals surface area contributed by atoms with Gasteiger partial charge in [-0.1, -0.05) is 18.0 Å². The Morgan fingerprint density at radius 3 is 2.52 bits per heavy atom. The average molecular weight is 308 g/mol. The summed E-state index contributed by atoms with van der Waals surface area (Å²) in [4.78, 5) is 6.92. The highest BCUT2D eigenvalue weighted by Crippen LogP contribution is 2.37. The number of hydrogen-bond acceptors (Lipinski definition) is 3. The summed E-state index contributed by atoms with van der Waals surface area (Å²) in [6.07, 6.45) is 5.95. The van der Waals surface area contributed by atoms with Crippen molar-refractivity contribution in [1.82, 2.24) is 9.88 Å². The molecule has 1 aromatic heterocycles. The fraction of sp³-hybridized carbons (Fsp3) is 0.706. The van der Waals surface area contributed by atoms with E-state index in [1.54, 1.807) is 0 Å². The van der Waals surface area contributed by atoms with E-state index in [1.807, 2.05) is 13.1 Å². The number of anilines is 1.